The van der Waals surface area contributed by atoms with Crippen LogP contribution in [0.3, 0.4) is 0 Å². The predicted molar refractivity (Wildman–Crippen MR) is 117 cm³/mol. The fourth-order valence-electron chi connectivity index (χ4n) is 2.57. The lowest BCUT2D eigenvalue weighted by molar-refractivity contribution is -0.115. The van der Waals surface area contributed by atoms with Crippen molar-refractivity contribution in [2.75, 3.05) is 19.7 Å². The van der Waals surface area contributed by atoms with E-state index in [2.05, 4.69) is 42.3 Å². The smallest absolute Gasteiger partial charge is 0.269 e. The van der Waals surface area contributed by atoms with Crippen LogP contribution in [0, 0.1) is 0 Å². The molecule has 4 N–H and O–H groups in total. The molecule has 0 atom stereocenters. The third-order valence-corrected chi connectivity index (χ3v) is 5.01. The summed E-state index contributed by atoms with van der Waals surface area (Å²) in [6.45, 7) is 1.43. The van der Waals surface area contributed by atoms with Crippen LogP contribution >= 0.6 is 31.9 Å². The third kappa shape index (κ3) is 6.92. The van der Waals surface area contributed by atoms with Crippen molar-refractivity contribution in [3.05, 3.63) is 62.5 Å². The number of hydrogen-bond acceptors (Lipinski definition) is 5. The van der Waals surface area contributed by atoms with Gasteiger partial charge in [0, 0.05) is 23.0 Å². The fourth-order valence-corrected chi connectivity index (χ4v) is 4.00. The summed E-state index contributed by atoms with van der Waals surface area (Å²) in [6.07, 6.45) is 1.54. The SMILES string of the molecule is NCCCOc1c(Br)cc(Br)cc1C/C(=N\O)C(=O)NCCc1ccccc1. The summed E-state index contributed by atoms with van der Waals surface area (Å²) < 4.78 is 7.38. The van der Waals surface area contributed by atoms with E-state index in [9.17, 15) is 10.0 Å². The zero-order valence-corrected chi connectivity index (χ0v) is 18.5. The molecule has 0 aliphatic carbocycles. The Bertz CT molecular complexity index is 814. The molecule has 0 aliphatic heterocycles. The predicted octanol–water partition coefficient (Wildman–Crippen LogP) is 3.67. The highest BCUT2D eigenvalue weighted by atomic mass is 79.9. The number of nitrogens with zero attached hydrogens (tertiary/aromatic N) is 1. The lowest BCUT2D eigenvalue weighted by Crippen LogP contribution is -2.33. The van der Waals surface area contributed by atoms with Crippen molar-refractivity contribution in [1.29, 1.82) is 0 Å². The van der Waals surface area contributed by atoms with Gasteiger partial charge in [-0.25, -0.2) is 0 Å². The van der Waals surface area contributed by atoms with Crippen molar-refractivity contribution in [2.24, 2.45) is 10.9 Å². The first kappa shape index (κ1) is 22.4. The van der Waals surface area contributed by atoms with Gasteiger partial charge >= 0.3 is 0 Å². The summed E-state index contributed by atoms with van der Waals surface area (Å²) in [4.78, 5) is 12.4. The minimum Gasteiger partial charge on any atom is -0.492 e. The average Bonchev–Trinajstić information content (AvgIpc) is 2.68. The number of carbonyl (C=O) groups is 1. The van der Waals surface area contributed by atoms with E-state index in [1.165, 1.54) is 0 Å². The molecule has 0 saturated heterocycles. The van der Waals surface area contributed by atoms with Crippen molar-refractivity contribution in [2.45, 2.75) is 19.3 Å². The van der Waals surface area contributed by atoms with Crippen LogP contribution in [-0.4, -0.2) is 36.5 Å². The van der Waals surface area contributed by atoms with E-state index in [4.69, 9.17) is 10.5 Å². The minimum atomic E-state index is -0.414. The molecule has 2 rings (SSSR count). The maximum absolute atomic E-state index is 12.4. The van der Waals surface area contributed by atoms with Crippen LogP contribution in [0.4, 0.5) is 0 Å². The zero-order valence-electron chi connectivity index (χ0n) is 15.3. The Kier molecular flexibility index (Phi) is 9.46. The summed E-state index contributed by atoms with van der Waals surface area (Å²) in [7, 11) is 0. The van der Waals surface area contributed by atoms with Crippen molar-refractivity contribution in [1.82, 2.24) is 5.32 Å². The summed E-state index contributed by atoms with van der Waals surface area (Å²) >= 11 is 6.91. The first-order valence-corrected chi connectivity index (χ1v) is 10.5. The standard InChI is InChI=1S/C20H23Br2N3O3/c21-16-11-15(19(17(22)13-16)28-10-4-8-23)12-18(25-27)20(26)24-9-7-14-5-2-1-3-6-14/h1-3,5-6,11,13,27H,4,7-10,12,23H2,(H,24,26)/b25-18+. The van der Waals surface area contributed by atoms with Crippen LogP contribution in [0.25, 0.3) is 0 Å². The van der Waals surface area contributed by atoms with Gasteiger partial charge in [-0.3, -0.25) is 4.79 Å². The fraction of sp³-hybridized carbons (Fsp3) is 0.300. The summed E-state index contributed by atoms with van der Waals surface area (Å²) in [5, 5.41) is 15.4. The zero-order chi connectivity index (χ0) is 20.4. The van der Waals surface area contributed by atoms with E-state index in [1.54, 1.807) is 0 Å². The summed E-state index contributed by atoms with van der Waals surface area (Å²) in [5.74, 6) is 0.192. The molecule has 1 amide bonds. The Morgan fingerprint density at radius 3 is 2.64 bits per heavy atom. The second kappa shape index (κ2) is 11.8. The Balaban J connectivity index is 2.03. The van der Waals surface area contributed by atoms with E-state index in [1.807, 2.05) is 42.5 Å². The number of rotatable bonds is 10. The highest BCUT2D eigenvalue weighted by Crippen LogP contribution is 2.33. The molecular weight excluding hydrogens is 490 g/mol. The maximum Gasteiger partial charge on any atom is 0.269 e. The molecule has 0 aliphatic rings. The molecule has 0 fully saturated rings. The van der Waals surface area contributed by atoms with Crippen LogP contribution < -0.4 is 15.8 Å². The van der Waals surface area contributed by atoms with E-state index in [-0.39, 0.29) is 12.1 Å². The van der Waals surface area contributed by atoms with Crippen molar-refractivity contribution >= 4 is 43.5 Å². The van der Waals surface area contributed by atoms with Gasteiger partial charge in [0.1, 0.15) is 11.5 Å². The van der Waals surface area contributed by atoms with Crippen LogP contribution in [0.5, 0.6) is 5.75 Å². The Labute approximate surface area is 181 Å². The lowest BCUT2D eigenvalue weighted by atomic mass is 10.1. The van der Waals surface area contributed by atoms with E-state index >= 15 is 0 Å². The average molecular weight is 513 g/mol. The second-order valence-corrected chi connectivity index (χ2v) is 7.85. The largest absolute Gasteiger partial charge is 0.492 e. The Hall–Kier alpha value is -1.90. The molecule has 28 heavy (non-hydrogen) atoms. The first-order chi connectivity index (χ1) is 13.5. The molecule has 0 radical (unpaired) electrons. The summed E-state index contributed by atoms with van der Waals surface area (Å²) in [6, 6.07) is 13.5. The van der Waals surface area contributed by atoms with Crippen LogP contribution in [-0.2, 0) is 17.6 Å². The van der Waals surface area contributed by atoms with Crippen LogP contribution in [0.2, 0.25) is 0 Å². The number of nitrogens with one attached hydrogen (secondary N) is 1. The van der Waals surface area contributed by atoms with Crippen molar-refractivity contribution in [3.8, 4) is 5.75 Å². The van der Waals surface area contributed by atoms with Crippen molar-refractivity contribution in [3.63, 3.8) is 0 Å². The molecule has 0 bridgehead atoms. The molecule has 0 saturated carbocycles. The number of amides is 1. The van der Waals surface area contributed by atoms with E-state index < -0.39 is 5.91 Å². The van der Waals surface area contributed by atoms with Crippen molar-refractivity contribution < 1.29 is 14.7 Å². The highest BCUT2D eigenvalue weighted by Gasteiger charge is 2.18. The number of nitrogens with two attached hydrogens (primary N) is 1. The number of halogens is 2. The van der Waals surface area contributed by atoms with Gasteiger partial charge < -0.3 is 21.0 Å². The van der Waals surface area contributed by atoms with Crippen LogP contribution in [0.1, 0.15) is 17.5 Å². The van der Waals surface area contributed by atoms with Gasteiger partial charge in [-0.15, -0.1) is 0 Å². The monoisotopic (exact) mass is 511 g/mol. The van der Waals surface area contributed by atoms with Gasteiger partial charge in [0.05, 0.1) is 11.1 Å². The number of carbonyl (C=O) groups excluding carboxylic acids is 1. The van der Waals surface area contributed by atoms with E-state index in [0.29, 0.717) is 38.3 Å². The van der Waals surface area contributed by atoms with Gasteiger partial charge in [0.25, 0.3) is 5.91 Å². The normalized spacial score (nSPS) is 11.3. The Morgan fingerprint density at radius 2 is 1.96 bits per heavy atom. The van der Waals surface area contributed by atoms with Gasteiger partial charge in [0.15, 0.2) is 0 Å². The van der Waals surface area contributed by atoms with Gasteiger partial charge in [0.2, 0.25) is 0 Å². The molecule has 0 unspecified atom stereocenters. The second-order valence-electron chi connectivity index (χ2n) is 6.08. The molecule has 0 spiro atoms. The highest BCUT2D eigenvalue weighted by molar-refractivity contribution is 9.11. The molecular formula is C20H23Br2N3O3. The minimum absolute atomic E-state index is 0.0155. The number of oxime groups is 1. The molecule has 2 aromatic carbocycles. The Morgan fingerprint density at radius 1 is 1.21 bits per heavy atom. The lowest BCUT2D eigenvalue weighted by Gasteiger charge is -2.14. The number of benzene rings is 2. The molecule has 8 heteroatoms. The molecule has 2 aromatic rings. The van der Waals surface area contributed by atoms with E-state index in [0.717, 1.165) is 20.1 Å². The maximum atomic E-state index is 12.4. The molecule has 0 aromatic heterocycles. The van der Waals surface area contributed by atoms with Gasteiger partial charge in [-0.2, -0.15) is 0 Å². The first-order valence-electron chi connectivity index (χ1n) is 8.89. The quantitative estimate of drug-likeness (QED) is 0.196. The van der Waals surface area contributed by atoms with Gasteiger partial charge in [-0.1, -0.05) is 51.4 Å². The van der Waals surface area contributed by atoms with Gasteiger partial charge in [-0.05, 0) is 53.0 Å². The van der Waals surface area contributed by atoms with Crippen LogP contribution in [0.15, 0.2) is 56.6 Å². The third-order valence-electron chi connectivity index (χ3n) is 3.96. The number of ether oxygens (including phenoxy) is 1. The molecule has 150 valence electrons. The summed E-state index contributed by atoms with van der Waals surface area (Å²) in [5.41, 5.74) is 7.38. The topological polar surface area (TPSA) is 96.9 Å². The number of hydrogen-bond donors (Lipinski definition) is 3. The molecule has 6 nitrogen and oxygen atoms in total. The molecule has 0 heterocycles.